The molecule has 2 aromatic carbocycles. The van der Waals surface area contributed by atoms with Gasteiger partial charge in [0.1, 0.15) is 6.04 Å². The Kier molecular flexibility index (Phi) is 8.72. The maximum atomic E-state index is 13.0. The summed E-state index contributed by atoms with van der Waals surface area (Å²) in [5, 5.41) is 8.66. The molecule has 0 bridgehead atoms. The number of aryl methyl sites for hydroxylation is 1. The van der Waals surface area contributed by atoms with Crippen LogP contribution in [0.4, 0.5) is 16.2 Å². The first kappa shape index (κ1) is 24.6. The molecule has 0 spiro atoms. The Morgan fingerprint density at radius 3 is 2.30 bits per heavy atom. The number of benzene rings is 2. The van der Waals surface area contributed by atoms with Crippen molar-refractivity contribution in [3.63, 3.8) is 0 Å². The van der Waals surface area contributed by atoms with Crippen molar-refractivity contribution in [1.82, 2.24) is 15.5 Å². The number of nitrogens with zero attached hydrogens (tertiary/aromatic N) is 2. The summed E-state index contributed by atoms with van der Waals surface area (Å²) in [6, 6.07) is 14.8. The van der Waals surface area contributed by atoms with Crippen molar-refractivity contribution in [2.75, 3.05) is 42.9 Å². The van der Waals surface area contributed by atoms with Gasteiger partial charge in [0, 0.05) is 44.1 Å². The Morgan fingerprint density at radius 1 is 1.00 bits per heavy atom. The van der Waals surface area contributed by atoms with Crippen LogP contribution >= 0.6 is 0 Å². The summed E-state index contributed by atoms with van der Waals surface area (Å²) in [5.41, 5.74) is 3.97. The van der Waals surface area contributed by atoms with Gasteiger partial charge in [-0.1, -0.05) is 51.1 Å². The van der Waals surface area contributed by atoms with E-state index in [1.165, 1.54) is 5.69 Å². The molecule has 7 nitrogen and oxygen atoms in total. The molecule has 0 saturated carbocycles. The minimum Gasteiger partial charge on any atom is -0.369 e. The molecule has 3 N–H and O–H groups in total. The molecule has 178 valence electrons. The lowest BCUT2D eigenvalue weighted by atomic mass is 10.0. The van der Waals surface area contributed by atoms with E-state index in [4.69, 9.17) is 0 Å². The molecule has 3 amide bonds. The van der Waals surface area contributed by atoms with Gasteiger partial charge in [-0.2, -0.15) is 0 Å². The quantitative estimate of drug-likeness (QED) is 0.573. The molecular weight excluding hydrogens is 414 g/mol. The Bertz CT molecular complexity index is 924. The molecule has 0 radical (unpaired) electrons. The van der Waals surface area contributed by atoms with Crippen LogP contribution < -0.4 is 20.9 Å². The van der Waals surface area contributed by atoms with E-state index in [9.17, 15) is 9.59 Å². The van der Waals surface area contributed by atoms with Crippen molar-refractivity contribution in [3.05, 3.63) is 59.7 Å². The highest BCUT2D eigenvalue weighted by atomic mass is 16.2. The van der Waals surface area contributed by atoms with Gasteiger partial charge in [-0.15, -0.1) is 0 Å². The number of carbonyl (C=O) groups excluding carboxylic acids is 2. The Hall–Kier alpha value is -3.06. The molecular formula is C26H37N5O2. The van der Waals surface area contributed by atoms with E-state index < -0.39 is 6.04 Å². The zero-order chi connectivity index (χ0) is 23.8. The number of carbonyl (C=O) groups is 2. The van der Waals surface area contributed by atoms with Crippen molar-refractivity contribution in [2.24, 2.45) is 5.92 Å². The molecule has 7 heteroatoms. The SMILES string of the molecule is CCN1CCN(c2ccc(NC(=O)C(NC(=O)NCc3ccccc3)C(C)C)c(C)c2)CC1. The van der Waals surface area contributed by atoms with Gasteiger partial charge in [0.2, 0.25) is 5.91 Å². The van der Waals surface area contributed by atoms with Crippen molar-refractivity contribution < 1.29 is 9.59 Å². The van der Waals surface area contributed by atoms with E-state index >= 15 is 0 Å². The average molecular weight is 452 g/mol. The van der Waals surface area contributed by atoms with E-state index in [1.807, 2.05) is 57.2 Å². The zero-order valence-corrected chi connectivity index (χ0v) is 20.2. The van der Waals surface area contributed by atoms with E-state index in [-0.39, 0.29) is 17.9 Å². The van der Waals surface area contributed by atoms with Gasteiger partial charge in [-0.25, -0.2) is 4.79 Å². The fraction of sp³-hybridized carbons (Fsp3) is 0.462. The number of urea groups is 1. The van der Waals surface area contributed by atoms with Gasteiger partial charge >= 0.3 is 6.03 Å². The number of likely N-dealkylation sites (N-methyl/N-ethyl adjacent to an activating group) is 1. The fourth-order valence-electron chi connectivity index (χ4n) is 4.02. The highest BCUT2D eigenvalue weighted by Crippen LogP contribution is 2.24. The zero-order valence-electron chi connectivity index (χ0n) is 20.2. The number of amides is 3. The van der Waals surface area contributed by atoms with E-state index in [1.54, 1.807) is 0 Å². The Labute approximate surface area is 197 Å². The number of hydrogen-bond donors (Lipinski definition) is 3. The first-order valence-corrected chi connectivity index (χ1v) is 11.8. The molecule has 1 saturated heterocycles. The fourth-order valence-corrected chi connectivity index (χ4v) is 4.02. The summed E-state index contributed by atoms with van der Waals surface area (Å²) < 4.78 is 0. The Balaban J connectivity index is 1.57. The van der Waals surface area contributed by atoms with E-state index in [2.05, 4.69) is 44.8 Å². The van der Waals surface area contributed by atoms with Gasteiger partial charge in [0.15, 0.2) is 0 Å². The van der Waals surface area contributed by atoms with E-state index in [0.29, 0.717) is 6.54 Å². The lowest BCUT2D eigenvalue weighted by molar-refractivity contribution is -0.118. The second-order valence-electron chi connectivity index (χ2n) is 8.94. The molecule has 2 aromatic rings. The molecule has 1 unspecified atom stereocenters. The molecule has 0 aromatic heterocycles. The number of anilines is 2. The van der Waals surface area contributed by atoms with Crippen LogP contribution in [0.25, 0.3) is 0 Å². The van der Waals surface area contributed by atoms with Crippen LogP contribution in [0.3, 0.4) is 0 Å². The standard InChI is InChI=1S/C26H37N5O2/c1-5-30-13-15-31(16-14-30)22-11-12-23(20(4)17-22)28-25(32)24(19(2)3)29-26(33)27-18-21-9-7-6-8-10-21/h6-12,17,19,24H,5,13-16,18H2,1-4H3,(H,28,32)(H2,27,29,33). The minimum atomic E-state index is -0.637. The summed E-state index contributed by atoms with van der Waals surface area (Å²) in [7, 11) is 0. The third kappa shape index (κ3) is 6.96. The topological polar surface area (TPSA) is 76.7 Å². The predicted octanol–water partition coefficient (Wildman–Crippen LogP) is 3.60. The second kappa shape index (κ2) is 11.7. The third-order valence-electron chi connectivity index (χ3n) is 6.18. The van der Waals surface area contributed by atoms with Gasteiger partial charge in [-0.05, 0) is 48.7 Å². The number of rotatable bonds is 8. The average Bonchev–Trinajstić information content (AvgIpc) is 2.83. The third-order valence-corrected chi connectivity index (χ3v) is 6.18. The molecule has 1 aliphatic heterocycles. The highest BCUT2D eigenvalue weighted by molar-refractivity contribution is 5.97. The van der Waals surface area contributed by atoms with Crippen molar-refractivity contribution >= 4 is 23.3 Å². The van der Waals surface area contributed by atoms with Crippen LogP contribution in [0.15, 0.2) is 48.5 Å². The summed E-state index contributed by atoms with van der Waals surface area (Å²) in [6.07, 6.45) is 0. The van der Waals surface area contributed by atoms with Gasteiger partial charge in [-0.3, -0.25) is 4.79 Å². The summed E-state index contributed by atoms with van der Waals surface area (Å²) in [4.78, 5) is 30.3. The highest BCUT2D eigenvalue weighted by Gasteiger charge is 2.25. The summed E-state index contributed by atoms with van der Waals surface area (Å²) >= 11 is 0. The maximum absolute atomic E-state index is 13.0. The Morgan fingerprint density at radius 2 is 1.70 bits per heavy atom. The largest absolute Gasteiger partial charge is 0.369 e. The molecule has 1 fully saturated rings. The first-order valence-electron chi connectivity index (χ1n) is 11.8. The molecule has 1 aliphatic rings. The summed E-state index contributed by atoms with van der Waals surface area (Å²) in [5.74, 6) is -0.269. The minimum absolute atomic E-state index is 0.0538. The molecule has 0 aliphatic carbocycles. The van der Waals surface area contributed by atoms with Crippen molar-refractivity contribution in [3.8, 4) is 0 Å². The molecule has 33 heavy (non-hydrogen) atoms. The van der Waals surface area contributed by atoms with Gasteiger partial charge in [0.05, 0.1) is 0 Å². The van der Waals surface area contributed by atoms with Crippen LogP contribution in [0.5, 0.6) is 0 Å². The number of hydrogen-bond acceptors (Lipinski definition) is 4. The van der Waals surface area contributed by atoms with Crippen molar-refractivity contribution in [2.45, 2.75) is 40.3 Å². The van der Waals surface area contributed by atoms with Crippen LogP contribution in [0.2, 0.25) is 0 Å². The van der Waals surface area contributed by atoms with Crippen LogP contribution in [-0.4, -0.2) is 55.6 Å². The number of nitrogens with one attached hydrogen (secondary N) is 3. The smallest absolute Gasteiger partial charge is 0.315 e. The van der Waals surface area contributed by atoms with Gasteiger partial charge < -0.3 is 25.8 Å². The molecule has 3 rings (SSSR count). The van der Waals surface area contributed by atoms with E-state index in [0.717, 1.165) is 49.5 Å². The normalized spacial score (nSPS) is 15.2. The van der Waals surface area contributed by atoms with Crippen LogP contribution in [0, 0.1) is 12.8 Å². The first-order chi connectivity index (χ1) is 15.9. The molecule has 1 heterocycles. The van der Waals surface area contributed by atoms with Crippen LogP contribution in [-0.2, 0) is 11.3 Å². The van der Waals surface area contributed by atoms with Crippen LogP contribution in [0.1, 0.15) is 31.9 Å². The maximum Gasteiger partial charge on any atom is 0.315 e. The number of piperazine rings is 1. The van der Waals surface area contributed by atoms with Crippen molar-refractivity contribution in [1.29, 1.82) is 0 Å². The summed E-state index contributed by atoms with van der Waals surface area (Å²) in [6.45, 7) is 13.7. The second-order valence-corrected chi connectivity index (χ2v) is 8.94. The van der Waals surface area contributed by atoms with Gasteiger partial charge in [0.25, 0.3) is 0 Å². The predicted molar refractivity (Wildman–Crippen MR) is 135 cm³/mol. The molecule has 1 atom stereocenters. The lowest BCUT2D eigenvalue weighted by Gasteiger charge is -2.35. The monoisotopic (exact) mass is 451 g/mol. The lowest BCUT2D eigenvalue weighted by Crippen LogP contribution is -2.50.